The van der Waals surface area contributed by atoms with E-state index in [-0.39, 0.29) is 25.5 Å². The van der Waals surface area contributed by atoms with Gasteiger partial charge in [-0.3, -0.25) is 19.4 Å². The number of carbonyl (C=O) groups is 4. The van der Waals surface area contributed by atoms with Crippen molar-refractivity contribution >= 4 is 29.7 Å². The molecule has 1 aromatic carbocycles. The number of guanidine groups is 1. The SMILES string of the molecule is NCCCCC(NC(=O)C(N)Cc1ccccc1)C(=O)NC(CCCN=C(N)N)C(=O)N1CCCC1C(=O)O. The molecule has 1 saturated heterocycles. The fourth-order valence-electron chi connectivity index (χ4n) is 4.52. The average Bonchev–Trinajstić information content (AvgIpc) is 3.40. The molecule has 1 aliphatic heterocycles. The molecule has 0 aliphatic carbocycles. The standard InChI is InChI=1S/C26H42N8O5/c27-13-5-4-10-19(32-22(35)18(28)16-17-8-2-1-3-9-17)23(36)33-20(11-6-14-31-26(29)30)24(37)34-15-7-12-21(34)25(38)39/h1-3,8-9,18-21H,4-7,10-16,27-28H2,(H,32,35)(H,33,36)(H,38,39)(H4,29,30,31). The van der Waals surface area contributed by atoms with E-state index in [2.05, 4.69) is 15.6 Å². The summed E-state index contributed by atoms with van der Waals surface area (Å²) in [5.41, 5.74) is 23.4. The molecule has 13 nitrogen and oxygen atoms in total. The van der Waals surface area contributed by atoms with Gasteiger partial charge in [0.15, 0.2) is 5.96 Å². The number of aliphatic imine (C=N–C) groups is 1. The van der Waals surface area contributed by atoms with E-state index in [0.29, 0.717) is 51.5 Å². The fourth-order valence-corrected chi connectivity index (χ4v) is 4.52. The molecule has 1 aliphatic rings. The van der Waals surface area contributed by atoms with Gasteiger partial charge in [0.25, 0.3) is 0 Å². The highest BCUT2D eigenvalue weighted by atomic mass is 16.4. The first kappa shape index (κ1) is 31.5. The van der Waals surface area contributed by atoms with Crippen molar-refractivity contribution in [2.24, 2.45) is 27.9 Å². The maximum Gasteiger partial charge on any atom is 0.326 e. The van der Waals surface area contributed by atoms with Gasteiger partial charge in [0, 0.05) is 13.1 Å². The molecule has 3 amide bonds. The van der Waals surface area contributed by atoms with Crippen molar-refractivity contribution in [1.82, 2.24) is 15.5 Å². The predicted octanol–water partition coefficient (Wildman–Crippen LogP) is -1.22. The summed E-state index contributed by atoms with van der Waals surface area (Å²) in [5.74, 6) is -2.73. The number of unbranched alkanes of at least 4 members (excludes halogenated alkanes) is 1. The summed E-state index contributed by atoms with van der Waals surface area (Å²) in [6.07, 6.45) is 3.24. The minimum Gasteiger partial charge on any atom is -0.480 e. The highest BCUT2D eigenvalue weighted by Gasteiger charge is 2.38. The Kier molecular flexibility index (Phi) is 13.2. The van der Waals surface area contributed by atoms with Gasteiger partial charge < -0.3 is 43.6 Å². The van der Waals surface area contributed by atoms with E-state index in [9.17, 15) is 24.3 Å². The number of rotatable bonds is 16. The fraction of sp³-hybridized carbons (Fsp3) is 0.577. The van der Waals surface area contributed by atoms with E-state index < -0.39 is 47.9 Å². The minimum absolute atomic E-state index is 0.0954. The molecule has 2 rings (SSSR count). The Labute approximate surface area is 228 Å². The number of carboxylic acids is 1. The lowest BCUT2D eigenvalue weighted by Gasteiger charge is -2.29. The molecule has 39 heavy (non-hydrogen) atoms. The molecule has 0 bridgehead atoms. The second-order valence-corrected chi connectivity index (χ2v) is 9.68. The molecule has 0 saturated carbocycles. The van der Waals surface area contributed by atoms with Crippen molar-refractivity contribution < 1.29 is 24.3 Å². The van der Waals surface area contributed by atoms with Crippen molar-refractivity contribution in [2.75, 3.05) is 19.6 Å². The first-order valence-corrected chi connectivity index (χ1v) is 13.3. The number of carbonyl (C=O) groups excluding carboxylic acids is 3. The van der Waals surface area contributed by atoms with Gasteiger partial charge in [-0.05, 0) is 63.5 Å². The second kappa shape index (κ2) is 16.3. The molecular weight excluding hydrogens is 504 g/mol. The largest absolute Gasteiger partial charge is 0.480 e. The average molecular weight is 547 g/mol. The van der Waals surface area contributed by atoms with Gasteiger partial charge in [0.1, 0.15) is 18.1 Å². The molecule has 13 heteroatoms. The quantitative estimate of drug-likeness (QED) is 0.0747. The van der Waals surface area contributed by atoms with Crippen LogP contribution < -0.4 is 33.6 Å². The number of benzene rings is 1. The first-order chi connectivity index (χ1) is 18.6. The summed E-state index contributed by atoms with van der Waals surface area (Å²) < 4.78 is 0. The lowest BCUT2D eigenvalue weighted by Crippen LogP contribution is -2.57. The van der Waals surface area contributed by atoms with Gasteiger partial charge in [-0.2, -0.15) is 0 Å². The van der Waals surface area contributed by atoms with Crippen LogP contribution in [0.5, 0.6) is 0 Å². The van der Waals surface area contributed by atoms with Gasteiger partial charge in [-0.15, -0.1) is 0 Å². The van der Waals surface area contributed by atoms with E-state index in [1.165, 1.54) is 4.90 Å². The van der Waals surface area contributed by atoms with Crippen molar-refractivity contribution in [3.05, 3.63) is 35.9 Å². The summed E-state index contributed by atoms with van der Waals surface area (Å²) in [5, 5.41) is 15.0. The Morgan fingerprint density at radius 2 is 1.67 bits per heavy atom. The van der Waals surface area contributed by atoms with E-state index in [0.717, 1.165) is 5.56 Å². The molecule has 1 fully saturated rings. The Balaban J connectivity index is 2.15. The van der Waals surface area contributed by atoms with Gasteiger partial charge in [-0.25, -0.2) is 4.79 Å². The number of carboxylic acid groups (broad SMARTS) is 1. The summed E-state index contributed by atoms with van der Waals surface area (Å²) in [7, 11) is 0. The number of aliphatic carboxylic acids is 1. The number of likely N-dealkylation sites (tertiary alicyclic amines) is 1. The smallest absolute Gasteiger partial charge is 0.326 e. The highest BCUT2D eigenvalue weighted by molar-refractivity contribution is 5.94. The number of nitrogens with one attached hydrogen (secondary N) is 2. The van der Waals surface area contributed by atoms with Crippen LogP contribution in [0.15, 0.2) is 35.3 Å². The third kappa shape index (κ3) is 10.5. The predicted molar refractivity (Wildman–Crippen MR) is 147 cm³/mol. The number of amides is 3. The molecule has 1 aromatic rings. The Bertz CT molecular complexity index is 986. The van der Waals surface area contributed by atoms with Crippen molar-refractivity contribution in [3.8, 4) is 0 Å². The summed E-state index contributed by atoms with van der Waals surface area (Å²) in [4.78, 5) is 56.5. The van der Waals surface area contributed by atoms with Crippen LogP contribution in [0, 0.1) is 0 Å². The summed E-state index contributed by atoms with van der Waals surface area (Å²) in [6, 6.07) is 5.49. The molecule has 1 heterocycles. The normalized spacial score (nSPS) is 17.1. The Hall–Kier alpha value is -3.71. The van der Waals surface area contributed by atoms with Crippen LogP contribution in [-0.4, -0.2) is 83.5 Å². The minimum atomic E-state index is -1.09. The lowest BCUT2D eigenvalue weighted by atomic mass is 10.0. The topological polar surface area (TPSA) is 232 Å². The number of nitrogens with two attached hydrogens (primary N) is 4. The molecule has 11 N–H and O–H groups in total. The zero-order valence-electron chi connectivity index (χ0n) is 22.3. The van der Waals surface area contributed by atoms with Crippen molar-refractivity contribution in [2.45, 2.75) is 75.5 Å². The highest BCUT2D eigenvalue weighted by Crippen LogP contribution is 2.20. The van der Waals surface area contributed by atoms with Crippen molar-refractivity contribution in [3.63, 3.8) is 0 Å². The second-order valence-electron chi connectivity index (χ2n) is 9.68. The van der Waals surface area contributed by atoms with Crippen LogP contribution in [0.2, 0.25) is 0 Å². The van der Waals surface area contributed by atoms with E-state index in [1.54, 1.807) is 0 Å². The van der Waals surface area contributed by atoms with Gasteiger partial charge in [-0.1, -0.05) is 30.3 Å². The molecule has 4 atom stereocenters. The van der Waals surface area contributed by atoms with Gasteiger partial charge in [0.05, 0.1) is 6.04 Å². The van der Waals surface area contributed by atoms with Crippen LogP contribution >= 0.6 is 0 Å². The number of hydrogen-bond acceptors (Lipinski definition) is 7. The maximum atomic E-state index is 13.4. The molecule has 0 spiro atoms. The van der Waals surface area contributed by atoms with Crippen LogP contribution in [0.3, 0.4) is 0 Å². The van der Waals surface area contributed by atoms with Crippen LogP contribution in [-0.2, 0) is 25.6 Å². The first-order valence-electron chi connectivity index (χ1n) is 13.3. The zero-order valence-corrected chi connectivity index (χ0v) is 22.3. The Morgan fingerprint density at radius 1 is 1.00 bits per heavy atom. The lowest BCUT2D eigenvalue weighted by molar-refractivity contribution is -0.149. The van der Waals surface area contributed by atoms with E-state index >= 15 is 0 Å². The Morgan fingerprint density at radius 3 is 2.31 bits per heavy atom. The van der Waals surface area contributed by atoms with Gasteiger partial charge in [0.2, 0.25) is 17.7 Å². The van der Waals surface area contributed by atoms with Gasteiger partial charge >= 0.3 is 5.97 Å². The molecule has 0 aromatic heterocycles. The maximum absolute atomic E-state index is 13.4. The third-order valence-corrected chi connectivity index (χ3v) is 6.60. The third-order valence-electron chi connectivity index (χ3n) is 6.60. The van der Waals surface area contributed by atoms with E-state index in [1.807, 2.05) is 30.3 Å². The van der Waals surface area contributed by atoms with Crippen LogP contribution in [0.1, 0.15) is 50.5 Å². The molecule has 4 unspecified atom stereocenters. The zero-order chi connectivity index (χ0) is 28.8. The summed E-state index contributed by atoms with van der Waals surface area (Å²) in [6.45, 7) is 0.934. The van der Waals surface area contributed by atoms with Crippen LogP contribution in [0.4, 0.5) is 0 Å². The molecule has 216 valence electrons. The van der Waals surface area contributed by atoms with Crippen LogP contribution in [0.25, 0.3) is 0 Å². The number of nitrogens with zero attached hydrogens (tertiary/aromatic N) is 2. The number of hydrogen-bond donors (Lipinski definition) is 7. The molecular formula is C26H42N8O5. The van der Waals surface area contributed by atoms with Crippen molar-refractivity contribution in [1.29, 1.82) is 0 Å². The summed E-state index contributed by atoms with van der Waals surface area (Å²) >= 11 is 0. The monoisotopic (exact) mass is 546 g/mol. The van der Waals surface area contributed by atoms with E-state index in [4.69, 9.17) is 22.9 Å². The molecule has 0 radical (unpaired) electrons.